The van der Waals surface area contributed by atoms with E-state index < -0.39 is 11.6 Å². The van der Waals surface area contributed by atoms with Gasteiger partial charge in [0.1, 0.15) is 5.75 Å². The van der Waals surface area contributed by atoms with Crippen molar-refractivity contribution >= 4 is 50.2 Å². The van der Waals surface area contributed by atoms with Gasteiger partial charge in [0.25, 0.3) is 0 Å². The van der Waals surface area contributed by atoms with E-state index in [1.807, 2.05) is 0 Å². The fourth-order valence-corrected chi connectivity index (χ4v) is 3.31. The van der Waals surface area contributed by atoms with Crippen LogP contribution in [0.5, 0.6) is 5.75 Å². The number of anilines is 4. The van der Waals surface area contributed by atoms with E-state index in [9.17, 15) is 9.59 Å². The monoisotopic (exact) mass is 390 g/mol. The molecule has 0 unspecified atom stereocenters. The summed E-state index contributed by atoms with van der Waals surface area (Å²) in [5.41, 5.74) is 24.5. The highest BCUT2D eigenvalue weighted by molar-refractivity contribution is 9.10. The zero-order valence-corrected chi connectivity index (χ0v) is 14.4. The van der Waals surface area contributed by atoms with Crippen molar-refractivity contribution in [1.29, 1.82) is 0 Å². The maximum atomic E-state index is 13.0. The number of fused-ring (bicyclic) bond motifs is 2. The molecule has 1 aliphatic carbocycles. The third-order valence-corrected chi connectivity index (χ3v) is 4.57. The topological polar surface area (TPSA) is 147 Å². The van der Waals surface area contributed by atoms with Gasteiger partial charge in [-0.15, -0.1) is 0 Å². The molecule has 2 aromatic carbocycles. The first-order valence-corrected chi connectivity index (χ1v) is 7.90. The van der Waals surface area contributed by atoms with Crippen LogP contribution in [0.2, 0.25) is 0 Å². The molecule has 0 atom stereocenters. The van der Waals surface area contributed by atoms with Crippen molar-refractivity contribution in [3.8, 4) is 5.75 Å². The average molecular weight is 391 g/mol. The normalized spacial score (nSPS) is 12.8. The number of nitrogens with two attached hydrogens (primary N) is 4. The SMILES string of the molecule is CCOc1cc(N)c2c(c1N)C(=O)c1c(N)cc(Br)c(N)c1C2=O. The van der Waals surface area contributed by atoms with Gasteiger partial charge >= 0.3 is 0 Å². The molecule has 0 spiro atoms. The van der Waals surface area contributed by atoms with Crippen molar-refractivity contribution in [3.63, 3.8) is 0 Å². The number of rotatable bonds is 2. The molecule has 24 heavy (non-hydrogen) atoms. The van der Waals surface area contributed by atoms with Crippen molar-refractivity contribution in [2.75, 3.05) is 29.5 Å². The molecule has 8 heteroatoms. The molecular formula is C16H15BrN4O3. The minimum atomic E-state index is -0.498. The van der Waals surface area contributed by atoms with Crippen LogP contribution < -0.4 is 27.7 Å². The Kier molecular flexibility index (Phi) is 3.64. The van der Waals surface area contributed by atoms with Gasteiger partial charge < -0.3 is 27.7 Å². The predicted octanol–water partition coefficient (Wildman–Crippen LogP) is 1.95. The zero-order valence-electron chi connectivity index (χ0n) is 12.8. The van der Waals surface area contributed by atoms with Crippen molar-refractivity contribution < 1.29 is 14.3 Å². The number of halogens is 1. The smallest absolute Gasteiger partial charge is 0.198 e. The second kappa shape index (κ2) is 5.41. The fourth-order valence-electron chi connectivity index (χ4n) is 2.86. The number of nitrogen functional groups attached to an aromatic ring is 4. The number of benzene rings is 2. The largest absolute Gasteiger partial charge is 0.492 e. The fraction of sp³-hybridized carbons (Fsp3) is 0.125. The Morgan fingerprint density at radius 2 is 1.38 bits per heavy atom. The van der Waals surface area contributed by atoms with E-state index in [2.05, 4.69) is 15.9 Å². The zero-order chi connectivity index (χ0) is 17.8. The lowest BCUT2D eigenvalue weighted by atomic mass is 9.80. The first kappa shape index (κ1) is 16.1. The second-order valence-electron chi connectivity index (χ2n) is 5.33. The first-order chi connectivity index (χ1) is 11.3. The van der Waals surface area contributed by atoms with Gasteiger partial charge in [-0.2, -0.15) is 0 Å². The van der Waals surface area contributed by atoms with Crippen LogP contribution in [0.15, 0.2) is 16.6 Å². The first-order valence-electron chi connectivity index (χ1n) is 7.11. The van der Waals surface area contributed by atoms with Crippen LogP contribution in [0.3, 0.4) is 0 Å². The van der Waals surface area contributed by atoms with Gasteiger partial charge in [-0.05, 0) is 28.9 Å². The number of carbonyl (C=O) groups is 2. The summed E-state index contributed by atoms with van der Waals surface area (Å²) in [4.78, 5) is 25.9. The number of carbonyl (C=O) groups excluding carboxylic acids is 2. The molecule has 0 saturated carbocycles. The van der Waals surface area contributed by atoms with E-state index in [4.69, 9.17) is 27.7 Å². The predicted molar refractivity (Wildman–Crippen MR) is 96.3 cm³/mol. The third kappa shape index (κ3) is 2.03. The second-order valence-corrected chi connectivity index (χ2v) is 6.18. The molecule has 2 aromatic rings. The van der Waals surface area contributed by atoms with Crippen molar-refractivity contribution in [3.05, 3.63) is 38.9 Å². The van der Waals surface area contributed by atoms with Gasteiger partial charge in [0.15, 0.2) is 11.6 Å². The molecule has 8 N–H and O–H groups in total. The molecule has 0 bridgehead atoms. The Labute approximate surface area is 146 Å². The van der Waals surface area contributed by atoms with E-state index in [1.54, 1.807) is 6.92 Å². The minimum Gasteiger partial charge on any atom is -0.492 e. The summed E-state index contributed by atoms with van der Waals surface area (Å²) in [7, 11) is 0. The maximum absolute atomic E-state index is 13.0. The van der Waals surface area contributed by atoms with E-state index in [0.717, 1.165) is 0 Å². The van der Waals surface area contributed by atoms with Gasteiger partial charge in [-0.3, -0.25) is 9.59 Å². The van der Waals surface area contributed by atoms with Crippen LogP contribution in [0.25, 0.3) is 0 Å². The van der Waals surface area contributed by atoms with Crippen LogP contribution in [-0.4, -0.2) is 18.2 Å². The minimum absolute atomic E-state index is 0.00405. The Morgan fingerprint density at radius 3 is 1.92 bits per heavy atom. The van der Waals surface area contributed by atoms with Crippen LogP contribution in [0, 0.1) is 0 Å². The lowest BCUT2D eigenvalue weighted by Gasteiger charge is -2.24. The molecule has 0 aliphatic heterocycles. The van der Waals surface area contributed by atoms with Gasteiger partial charge in [-0.1, -0.05) is 0 Å². The molecule has 0 saturated heterocycles. The Balaban J connectivity index is 2.40. The third-order valence-electron chi connectivity index (χ3n) is 3.92. The molecule has 124 valence electrons. The molecule has 0 radical (unpaired) electrons. The van der Waals surface area contributed by atoms with Crippen molar-refractivity contribution in [2.24, 2.45) is 0 Å². The molecular weight excluding hydrogens is 376 g/mol. The molecule has 0 heterocycles. The Hall–Kier alpha value is -2.74. The maximum Gasteiger partial charge on any atom is 0.198 e. The van der Waals surface area contributed by atoms with Crippen molar-refractivity contribution in [2.45, 2.75) is 6.92 Å². The van der Waals surface area contributed by atoms with Crippen LogP contribution in [0.4, 0.5) is 22.7 Å². The highest BCUT2D eigenvalue weighted by Gasteiger charge is 2.37. The molecule has 0 aromatic heterocycles. The van der Waals surface area contributed by atoms with Crippen LogP contribution in [0.1, 0.15) is 38.8 Å². The Morgan fingerprint density at radius 1 is 0.875 bits per heavy atom. The molecule has 7 nitrogen and oxygen atoms in total. The summed E-state index contributed by atoms with van der Waals surface area (Å²) >= 11 is 3.23. The van der Waals surface area contributed by atoms with Crippen LogP contribution >= 0.6 is 15.9 Å². The number of ether oxygens (including phenoxy) is 1. The standard InChI is InChI=1S/C16H15BrN4O3/c1-2-24-8-4-7(19)10-12(14(8)21)16(23)9-6(18)3-5(17)13(20)11(9)15(10)22/h3-4H,2,18-21H2,1H3. The summed E-state index contributed by atoms with van der Waals surface area (Å²) in [5, 5.41) is 0. The summed E-state index contributed by atoms with van der Waals surface area (Å²) in [6.07, 6.45) is 0. The average Bonchev–Trinajstić information content (AvgIpc) is 2.51. The van der Waals surface area contributed by atoms with Gasteiger partial charge in [0.05, 0.1) is 40.2 Å². The Bertz CT molecular complexity index is 925. The van der Waals surface area contributed by atoms with Crippen molar-refractivity contribution in [1.82, 2.24) is 0 Å². The lowest BCUT2D eigenvalue weighted by molar-refractivity contribution is 0.0981. The number of hydrogen-bond donors (Lipinski definition) is 4. The van der Waals surface area contributed by atoms with E-state index >= 15 is 0 Å². The summed E-state index contributed by atoms with van der Waals surface area (Å²) in [6.45, 7) is 2.11. The molecule has 0 amide bonds. The number of ketones is 2. The van der Waals surface area contributed by atoms with E-state index in [1.165, 1.54) is 12.1 Å². The summed E-state index contributed by atoms with van der Waals surface area (Å²) in [5.74, 6) is -0.735. The van der Waals surface area contributed by atoms with E-state index in [0.29, 0.717) is 11.1 Å². The summed E-state index contributed by atoms with van der Waals surface area (Å²) in [6, 6.07) is 2.92. The summed E-state index contributed by atoms with van der Waals surface area (Å²) < 4.78 is 5.83. The van der Waals surface area contributed by atoms with Gasteiger partial charge in [0, 0.05) is 21.9 Å². The highest BCUT2D eigenvalue weighted by atomic mass is 79.9. The highest BCUT2D eigenvalue weighted by Crippen LogP contribution is 2.44. The van der Waals surface area contributed by atoms with Crippen LogP contribution in [-0.2, 0) is 0 Å². The number of hydrogen-bond acceptors (Lipinski definition) is 7. The molecule has 1 aliphatic rings. The molecule has 3 rings (SSSR count). The van der Waals surface area contributed by atoms with E-state index in [-0.39, 0.29) is 50.8 Å². The van der Waals surface area contributed by atoms with Gasteiger partial charge in [-0.25, -0.2) is 0 Å². The quantitative estimate of drug-likeness (QED) is 0.488. The van der Waals surface area contributed by atoms with Gasteiger partial charge in [0.2, 0.25) is 0 Å². The lowest BCUT2D eigenvalue weighted by Crippen LogP contribution is -2.26. The molecule has 0 fully saturated rings.